The number of esters is 2. The molecule has 3 aromatic rings. The number of ether oxygens (including phenoxy) is 2. The minimum absolute atomic E-state index is 0.0806. The number of Topliss-reactive ketones (excluding diaryl/α,β-unsaturated/α-hetero) is 1. The maximum atomic E-state index is 14.2. The number of nitrogens with zero attached hydrogens (tertiary/aromatic N) is 2. The third kappa shape index (κ3) is 3.81. The first-order chi connectivity index (χ1) is 19.3. The van der Waals surface area contributed by atoms with Crippen molar-refractivity contribution in [1.82, 2.24) is 0 Å². The molecule has 4 unspecified atom stereocenters. The summed E-state index contributed by atoms with van der Waals surface area (Å²) in [5.41, 5.74) is 2.14. The number of amides is 2. The van der Waals surface area contributed by atoms with Gasteiger partial charge in [-0.3, -0.25) is 19.2 Å². The maximum Gasteiger partial charge on any atom is 0.339 e. The molecule has 200 valence electrons. The summed E-state index contributed by atoms with van der Waals surface area (Å²) in [5.74, 6) is -4.11. The fourth-order valence-electron chi connectivity index (χ4n) is 6.03. The third-order valence-electron chi connectivity index (χ3n) is 7.63. The molecule has 3 aliphatic heterocycles. The SMILES string of the molecule is COC(=O)c1ccccc1N1C(=O)C2C(C1=O)C(C(=O)c1ccc(OC(C)=O)cc1)N1c3ccccc3C=CC21. The van der Waals surface area contributed by atoms with E-state index >= 15 is 0 Å². The molecule has 6 rings (SSSR count). The molecule has 2 fully saturated rings. The second kappa shape index (κ2) is 9.60. The Morgan fingerprint density at radius 1 is 0.800 bits per heavy atom. The van der Waals surface area contributed by atoms with Gasteiger partial charge in [0.05, 0.1) is 36.2 Å². The van der Waals surface area contributed by atoms with E-state index in [9.17, 15) is 24.0 Å². The number of anilines is 2. The van der Waals surface area contributed by atoms with Gasteiger partial charge in [-0.1, -0.05) is 42.5 Å². The topological polar surface area (TPSA) is 110 Å². The number of rotatable bonds is 5. The van der Waals surface area contributed by atoms with Crippen LogP contribution in [0.5, 0.6) is 5.75 Å². The van der Waals surface area contributed by atoms with Gasteiger partial charge in [-0.2, -0.15) is 0 Å². The minimum atomic E-state index is -1.00. The predicted molar refractivity (Wildman–Crippen MR) is 145 cm³/mol. The van der Waals surface area contributed by atoms with Crippen molar-refractivity contribution in [3.63, 3.8) is 0 Å². The maximum absolute atomic E-state index is 14.2. The van der Waals surface area contributed by atoms with E-state index in [0.29, 0.717) is 5.56 Å². The number of para-hydroxylation sites is 2. The Bertz CT molecular complexity index is 1610. The van der Waals surface area contributed by atoms with E-state index in [4.69, 9.17) is 9.47 Å². The second-order valence-corrected chi connectivity index (χ2v) is 9.82. The van der Waals surface area contributed by atoms with Gasteiger partial charge in [0.2, 0.25) is 11.8 Å². The second-order valence-electron chi connectivity index (χ2n) is 9.82. The number of methoxy groups -OCH3 is 1. The first-order valence-corrected chi connectivity index (χ1v) is 12.7. The fraction of sp³-hybridized carbons (Fsp3) is 0.194. The van der Waals surface area contributed by atoms with Crippen LogP contribution in [0.4, 0.5) is 11.4 Å². The average molecular weight is 537 g/mol. The van der Waals surface area contributed by atoms with Crippen LogP contribution in [0.1, 0.15) is 33.2 Å². The molecule has 0 radical (unpaired) electrons. The summed E-state index contributed by atoms with van der Waals surface area (Å²) >= 11 is 0. The Balaban J connectivity index is 1.46. The summed E-state index contributed by atoms with van der Waals surface area (Å²) < 4.78 is 9.98. The molecule has 4 atom stereocenters. The zero-order valence-corrected chi connectivity index (χ0v) is 21.6. The van der Waals surface area contributed by atoms with Gasteiger partial charge in [0.1, 0.15) is 11.8 Å². The lowest BCUT2D eigenvalue weighted by molar-refractivity contribution is -0.132. The van der Waals surface area contributed by atoms with E-state index in [1.807, 2.05) is 41.3 Å². The van der Waals surface area contributed by atoms with Crippen molar-refractivity contribution < 1.29 is 33.4 Å². The van der Waals surface area contributed by atoms with Gasteiger partial charge in [-0.15, -0.1) is 0 Å². The fourth-order valence-corrected chi connectivity index (χ4v) is 6.03. The van der Waals surface area contributed by atoms with Crippen LogP contribution >= 0.6 is 0 Å². The average Bonchev–Trinajstić information content (AvgIpc) is 3.44. The van der Waals surface area contributed by atoms with Crippen LogP contribution in [0.3, 0.4) is 0 Å². The van der Waals surface area contributed by atoms with Crippen LogP contribution < -0.4 is 14.5 Å². The van der Waals surface area contributed by atoms with Crippen LogP contribution in [0.25, 0.3) is 6.08 Å². The summed E-state index contributed by atoms with van der Waals surface area (Å²) in [5, 5.41) is 0. The molecule has 2 saturated heterocycles. The van der Waals surface area contributed by atoms with Gasteiger partial charge in [0.25, 0.3) is 0 Å². The Morgan fingerprint density at radius 2 is 1.45 bits per heavy atom. The molecule has 0 bridgehead atoms. The number of benzene rings is 3. The molecule has 3 aliphatic rings. The van der Waals surface area contributed by atoms with Crippen LogP contribution in [-0.4, -0.2) is 48.7 Å². The zero-order chi connectivity index (χ0) is 28.1. The number of fused-ring (bicyclic) bond motifs is 5. The summed E-state index contributed by atoms with van der Waals surface area (Å²) in [6, 6.07) is 18.4. The van der Waals surface area contributed by atoms with Gasteiger partial charge in [0, 0.05) is 18.2 Å². The van der Waals surface area contributed by atoms with Crippen LogP contribution in [-0.2, 0) is 19.1 Å². The van der Waals surface area contributed by atoms with E-state index in [-0.39, 0.29) is 22.8 Å². The first-order valence-electron chi connectivity index (χ1n) is 12.7. The monoisotopic (exact) mass is 536 g/mol. The summed E-state index contributed by atoms with van der Waals surface area (Å²) in [6.45, 7) is 1.28. The quantitative estimate of drug-likeness (QED) is 0.210. The lowest BCUT2D eigenvalue weighted by Gasteiger charge is -2.36. The Kier molecular flexibility index (Phi) is 6.06. The molecule has 0 N–H and O–H groups in total. The lowest BCUT2D eigenvalue weighted by Crippen LogP contribution is -2.49. The minimum Gasteiger partial charge on any atom is -0.465 e. The first kappa shape index (κ1) is 25.2. The molecule has 0 aliphatic carbocycles. The van der Waals surface area contributed by atoms with E-state index < -0.39 is 47.7 Å². The number of ketones is 1. The van der Waals surface area contributed by atoms with Crippen molar-refractivity contribution in [1.29, 1.82) is 0 Å². The summed E-state index contributed by atoms with van der Waals surface area (Å²) in [7, 11) is 1.23. The number of hydrogen-bond donors (Lipinski definition) is 0. The van der Waals surface area contributed by atoms with Gasteiger partial charge in [0.15, 0.2) is 5.78 Å². The molecular weight excluding hydrogens is 512 g/mol. The summed E-state index contributed by atoms with van der Waals surface area (Å²) in [4.78, 5) is 69.0. The molecule has 3 aromatic carbocycles. The molecule has 0 saturated carbocycles. The Labute approximate surface area is 229 Å². The predicted octanol–water partition coefficient (Wildman–Crippen LogP) is 3.67. The Morgan fingerprint density at radius 3 is 2.15 bits per heavy atom. The van der Waals surface area contributed by atoms with Gasteiger partial charge >= 0.3 is 11.9 Å². The number of carbonyl (C=O) groups excluding carboxylic acids is 5. The molecule has 0 spiro atoms. The highest BCUT2D eigenvalue weighted by atomic mass is 16.5. The number of imide groups is 1. The van der Waals surface area contributed by atoms with Gasteiger partial charge in [-0.05, 0) is 48.0 Å². The van der Waals surface area contributed by atoms with Crippen molar-refractivity contribution in [3.8, 4) is 5.75 Å². The Hall–Kier alpha value is -5.05. The molecule has 3 heterocycles. The van der Waals surface area contributed by atoms with E-state index in [0.717, 1.165) is 16.2 Å². The van der Waals surface area contributed by atoms with Crippen molar-refractivity contribution >= 4 is 47.0 Å². The van der Waals surface area contributed by atoms with Crippen LogP contribution in [0.15, 0.2) is 78.9 Å². The highest BCUT2D eigenvalue weighted by Crippen LogP contribution is 2.50. The highest BCUT2D eigenvalue weighted by molar-refractivity contribution is 6.27. The van der Waals surface area contributed by atoms with E-state index in [1.54, 1.807) is 24.3 Å². The number of carbonyl (C=O) groups is 5. The van der Waals surface area contributed by atoms with E-state index in [1.165, 1.54) is 38.3 Å². The van der Waals surface area contributed by atoms with Gasteiger partial charge in [-0.25, -0.2) is 9.69 Å². The smallest absolute Gasteiger partial charge is 0.339 e. The molecule has 2 amide bonds. The van der Waals surface area contributed by atoms with Crippen LogP contribution in [0, 0.1) is 11.8 Å². The van der Waals surface area contributed by atoms with E-state index in [2.05, 4.69) is 0 Å². The van der Waals surface area contributed by atoms with Crippen molar-refractivity contribution in [2.24, 2.45) is 11.8 Å². The van der Waals surface area contributed by atoms with Gasteiger partial charge < -0.3 is 14.4 Å². The van der Waals surface area contributed by atoms with Crippen LogP contribution in [0.2, 0.25) is 0 Å². The third-order valence-corrected chi connectivity index (χ3v) is 7.63. The molecule has 40 heavy (non-hydrogen) atoms. The van der Waals surface area contributed by atoms with Crippen molar-refractivity contribution in [3.05, 3.63) is 95.6 Å². The molecule has 9 heteroatoms. The summed E-state index contributed by atoms with van der Waals surface area (Å²) in [6.07, 6.45) is 3.76. The molecule has 9 nitrogen and oxygen atoms in total. The van der Waals surface area contributed by atoms with Crippen molar-refractivity contribution in [2.45, 2.75) is 19.0 Å². The molecular formula is C31H24N2O7. The zero-order valence-electron chi connectivity index (χ0n) is 21.6. The highest BCUT2D eigenvalue weighted by Gasteiger charge is 2.64. The largest absolute Gasteiger partial charge is 0.465 e. The number of hydrogen-bond acceptors (Lipinski definition) is 8. The lowest BCUT2D eigenvalue weighted by atomic mass is 9.86. The van der Waals surface area contributed by atoms with Crippen molar-refractivity contribution in [2.75, 3.05) is 16.9 Å². The normalized spacial score (nSPS) is 22.4. The molecule has 0 aromatic heterocycles. The standard InChI is InChI=1S/C31H24N2O7/c1-17(34)40-20-14-11-19(12-15-20)28(35)27-26-25(24-16-13-18-7-3-5-9-22(18)32(24)27)29(36)33(30(26)37)23-10-6-4-8-21(23)31(38)39-2/h3-16,24-27H,1-2H3.